The summed E-state index contributed by atoms with van der Waals surface area (Å²) in [6, 6.07) is 20.4. The molecule has 1 aliphatic rings. The number of carbonyl (C=O) groups is 1. The lowest BCUT2D eigenvalue weighted by molar-refractivity contribution is -0.122. The number of nitrogens with zero attached hydrogens (tertiary/aromatic N) is 2. The number of fused-ring (bicyclic) bond motifs is 1. The number of pyridine rings is 1. The van der Waals surface area contributed by atoms with E-state index in [1.807, 2.05) is 42.5 Å². The van der Waals surface area contributed by atoms with Crippen LogP contribution in [-0.2, 0) is 4.79 Å². The van der Waals surface area contributed by atoms with Gasteiger partial charge in [-0.25, -0.2) is 4.98 Å². The van der Waals surface area contributed by atoms with Crippen LogP contribution in [0.2, 0.25) is 0 Å². The van der Waals surface area contributed by atoms with E-state index in [0.717, 1.165) is 40.9 Å². The zero-order chi connectivity index (χ0) is 21.3. The van der Waals surface area contributed by atoms with Crippen molar-refractivity contribution in [2.75, 3.05) is 38.0 Å². The Morgan fingerprint density at radius 2 is 1.71 bits per heavy atom. The molecule has 5 heteroatoms. The lowest BCUT2D eigenvalue weighted by atomic mass is 10.1. The number of benzene rings is 2. The average molecular weight is 415 g/mol. The summed E-state index contributed by atoms with van der Waals surface area (Å²) in [5.74, 6) is 0.106. The third-order valence-corrected chi connectivity index (χ3v) is 5.56. The Hall–Kier alpha value is -3.18. The van der Waals surface area contributed by atoms with E-state index in [-0.39, 0.29) is 5.91 Å². The number of aromatic nitrogens is 1. The number of likely N-dealkylation sites (tertiary alicyclic amines) is 1. The van der Waals surface area contributed by atoms with Crippen LogP contribution in [0.15, 0.2) is 60.7 Å². The highest BCUT2D eigenvalue weighted by atomic mass is 16.2. The lowest BCUT2D eigenvalue weighted by Gasteiger charge is -2.25. The first-order valence-electron chi connectivity index (χ1n) is 11.1. The largest absolute Gasteiger partial charge is 0.383 e. The second kappa shape index (κ2) is 10.7. The number of rotatable bonds is 8. The second-order valence-electron chi connectivity index (χ2n) is 7.97. The highest BCUT2D eigenvalue weighted by Crippen LogP contribution is 2.24. The predicted octanol–water partition coefficient (Wildman–Crippen LogP) is 4.42. The molecule has 5 nitrogen and oxygen atoms in total. The van der Waals surface area contributed by atoms with Crippen molar-refractivity contribution < 1.29 is 4.79 Å². The van der Waals surface area contributed by atoms with Crippen molar-refractivity contribution in [2.45, 2.75) is 19.3 Å². The summed E-state index contributed by atoms with van der Waals surface area (Å²) in [5.41, 5.74) is 4.03. The van der Waals surface area contributed by atoms with Gasteiger partial charge in [-0.05, 0) is 49.7 Å². The highest BCUT2D eigenvalue weighted by Gasteiger charge is 2.13. The maximum Gasteiger partial charge on any atom is 0.234 e. The maximum absolute atomic E-state index is 12.2. The fraction of sp³-hybridized carbons (Fsp3) is 0.308. The fourth-order valence-electron chi connectivity index (χ4n) is 3.95. The lowest BCUT2D eigenvalue weighted by Crippen LogP contribution is -2.41. The summed E-state index contributed by atoms with van der Waals surface area (Å²) >= 11 is 0. The number of hydrogen-bond acceptors (Lipinski definition) is 4. The first-order chi connectivity index (χ1) is 15.3. The normalized spacial score (nSPS) is 14.7. The van der Waals surface area contributed by atoms with E-state index < -0.39 is 0 Å². The molecule has 1 amide bonds. The molecule has 2 aromatic carbocycles. The quantitative estimate of drug-likeness (QED) is 0.536. The Bertz CT molecular complexity index is 1030. The molecule has 1 fully saturated rings. The van der Waals surface area contributed by atoms with Gasteiger partial charge in [0.25, 0.3) is 0 Å². The van der Waals surface area contributed by atoms with Crippen LogP contribution in [0, 0.1) is 0 Å². The molecule has 0 aliphatic carbocycles. The van der Waals surface area contributed by atoms with Crippen molar-refractivity contribution in [3.63, 3.8) is 0 Å². The van der Waals surface area contributed by atoms with Crippen LogP contribution in [0.4, 0.5) is 5.69 Å². The summed E-state index contributed by atoms with van der Waals surface area (Å²) in [6.45, 7) is 3.84. The summed E-state index contributed by atoms with van der Waals surface area (Å²) in [7, 11) is 0. The van der Waals surface area contributed by atoms with E-state index >= 15 is 0 Å². The van der Waals surface area contributed by atoms with Crippen LogP contribution in [0.5, 0.6) is 0 Å². The summed E-state index contributed by atoms with van der Waals surface area (Å²) in [5, 5.41) is 7.60. The Morgan fingerprint density at radius 3 is 2.55 bits per heavy atom. The first-order valence-corrected chi connectivity index (χ1v) is 11.1. The second-order valence-corrected chi connectivity index (χ2v) is 7.97. The number of para-hydroxylation sites is 1. The van der Waals surface area contributed by atoms with Gasteiger partial charge in [-0.1, -0.05) is 61.0 Å². The monoisotopic (exact) mass is 414 g/mol. The van der Waals surface area contributed by atoms with Crippen molar-refractivity contribution in [3.05, 3.63) is 71.9 Å². The van der Waals surface area contributed by atoms with Crippen LogP contribution >= 0.6 is 0 Å². The van der Waals surface area contributed by atoms with Crippen LogP contribution < -0.4 is 10.6 Å². The zero-order valence-electron chi connectivity index (χ0n) is 17.9. The molecule has 160 valence electrons. The van der Waals surface area contributed by atoms with Gasteiger partial charge in [-0.15, -0.1) is 0 Å². The van der Waals surface area contributed by atoms with E-state index in [9.17, 15) is 4.79 Å². The molecule has 0 atom stereocenters. The molecule has 2 heterocycles. The Morgan fingerprint density at radius 1 is 0.935 bits per heavy atom. The molecule has 4 rings (SSSR count). The first kappa shape index (κ1) is 21.1. The van der Waals surface area contributed by atoms with E-state index in [2.05, 4.69) is 45.9 Å². The van der Waals surface area contributed by atoms with Crippen molar-refractivity contribution in [2.24, 2.45) is 0 Å². The van der Waals surface area contributed by atoms with Gasteiger partial charge in [0.15, 0.2) is 0 Å². The summed E-state index contributed by atoms with van der Waals surface area (Å²) in [4.78, 5) is 19.2. The van der Waals surface area contributed by atoms with Crippen molar-refractivity contribution in [1.29, 1.82) is 0 Å². The molecule has 0 radical (unpaired) electrons. The van der Waals surface area contributed by atoms with Gasteiger partial charge >= 0.3 is 0 Å². The zero-order valence-corrected chi connectivity index (χ0v) is 17.9. The molecule has 0 bridgehead atoms. The smallest absolute Gasteiger partial charge is 0.234 e. The fourth-order valence-corrected chi connectivity index (χ4v) is 3.95. The molecule has 2 N–H and O–H groups in total. The van der Waals surface area contributed by atoms with Gasteiger partial charge in [0.05, 0.1) is 17.8 Å². The molecule has 31 heavy (non-hydrogen) atoms. The molecule has 1 saturated heterocycles. The minimum absolute atomic E-state index is 0.106. The van der Waals surface area contributed by atoms with Crippen molar-refractivity contribution in [3.8, 4) is 0 Å². The average Bonchev–Trinajstić information content (AvgIpc) is 2.82. The SMILES string of the molecule is O=C(CN1CCCCC1)NCCNc1cc(/C=C/c2ccccc2)nc2ccccc12. The van der Waals surface area contributed by atoms with Gasteiger partial charge < -0.3 is 10.6 Å². The van der Waals surface area contributed by atoms with Crippen molar-refractivity contribution in [1.82, 2.24) is 15.2 Å². The number of anilines is 1. The van der Waals surface area contributed by atoms with Gasteiger partial charge in [0.1, 0.15) is 0 Å². The maximum atomic E-state index is 12.2. The minimum Gasteiger partial charge on any atom is -0.383 e. The molecular weight excluding hydrogens is 384 g/mol. The summed E-state index contributed by atoms with van der Waals surface area (Å²) in [6.07, 6.45) is 7.79. The number of hydrogen-bond donors (Lipinski definition) is 2. The molecular formula is C26H30N4O. The van der Waals surface area contributed by atoms with Crippen LogP contribution in [-0.4, -0.2) is 48.5 Å². The topological polar surface area (TPSA) is 57.3 Å². The Balaban J connectivity index is 1.37. The summed E-state index contributed by atoms with van der Waals surface area (Å²) < 4.78 is 0. The molecule has 0 unspecified atom stereocenters. The minimum atomic E-state index is 0.106. The number of amides is 1. The van der Waals surface area contributed by atoms with E-state index in [1.165, 1.54) is 19.3 Å². The van der Waals surface area contributed by atoms with Crippen LogP contribution in [0.25, 0.3) is 23.1 Å². The van der Waals surface area contributed by atoms with Gasteiger partial charge in [-0.2, -0.15) is 0 Å². The number of nitrogens with one attached hydrogen (secondary N) is 2. The number of carbonyl (C=O) groups excluding carboxylic acids is 1. The van der Waals surface area contributed by atoms with Gasteiger partial charge in [0.2, 0.25) is 5.91 Å². The molecule has 1 aliphatic heterocycles. The van der Waals surface area contributed by atoms with Crippen molar-refractivity contribution >= 4 is 34.6 Å². The highest BCUT2D eigenvalue weighted by molar-refractivity contribution is 5.92. The van der Waals surface area contributed by atoms with Gasteiger partial charge in [0, 0.05) is 24.2 Å². The van der Waals surface area contributed by atoms with E-state index in [1.54, 1.807) is 0 Å². The number of piperidine rings is 1. The van der Waals surface area contributed by atoms with Crippen LogP contribution in [0.1, 0.15) is 30.5 Å². The molecule has 1 aromatic heterocycles. The van der Waals surface area contributed by atoms with Gasteiger partial charge in [-0.3, -0.25) is 9.69 Å². The third-order valence-electron chi connectivity index (χ3n) is 5.56. The molecule has 0 spiro atoms. The Kier molecular flexibility index (Phi) is 7.29. The van der Waals surface area contributed by atoms with Crippen LogP contribution in [0.3, 0.4) is 0 Å². The predicted molar refractivity (Wildman–Crippen MR) is 129 cm³/mol. The van der Waals surface area contributed by atoms with E-state index in [0.29, 0.717) is 19.6 Å². The third kappa shape index (κ3) is 6.15. The molecule has 0 saturated carbocycles. The Labute approximate surface area is 184 Å². The molecule has 3 aromatic rings. The van der Waals surface area contributed by atoms with E-state index in [4.69, 9.17) is 4.98 Å². The standard InChI is InChI=1S/C26H30N4O/c31-26(20-30-17-7-2-8-18-30)28-16-15-27-25-19-22(14-13-21-9-3-1-4-10-21)29-24-12-6-5-11-23(24)25/h1,3-6,9-14,19H,2,7-8,15-18,20H2,(H,27,29)(H,28,31)/b14-13+.